The number of likely N-dealkylation sites (N-methyl/N-ethyl adjacent to an activating group) is 1. The summed E-state index contributed by atoms with van der Waals surface area (Å²) in [5.74, 6) is 1.31. The standard InChI is InChI=1S/C11H18N2O2/c1-7(8-3-4-8)6-12-9-5-10(14)13(2)11(9)15/h7-9,12H,3-6H2,1-2H3. The molecule has 0 aromatic rings. The van der Waals surface area contributed by atoms with E-state index < -0.39 is 0 Å². The van der Waals surface area contributed by atoms with Crippen LogP contribution in [-0.4, -0.2) is 36.3 Å². The number of imide groups is 1. The molecule has 1 heterocycles. The van der Waals surface area contributed by atoms with Crippen molar-refractivity contribution >= 4 is 11.8 Å². The molecule has 2 aliphatic rings. The molecule has 0 aromatic carbocycles. The highest BCUT2D eigenvalue weighted by Crippen LogP contribution is 2.36. The first kappa shape index (κ1) is 10.6. The second kappa shape index (κ2) is 3.93. The zero-order chi connectivity index (χ0) is 11.0. The molecule has 2 unspecified atom stereocenters. The summed E-state index contributed by atoms with van der Waals surface area (Å²) in [6.07, 6.45) is 2.97. The highest BCUT2D eigenvalue weighted by Gasteiger charge is 2.36. The van der Waals surface area contributed by atoms with Crippen molar-refractivity contribution in [3.63, 3.8) is 0 Å². The average molecular weight is 210 g/mol. The lowest BCUT2D eigenvalue weighted by molar-refractivity contribution is -0.137. The van der Waals surface area contributed by atoms with Crippen molar-refractivity contribution in [1.82, 2.24) is 10.2 Å². The molecule has 2 fully saturated rings. The summed E-state index contributed by atoms with van der Waals surface area (Å²) in [4.78, 5) is 24.0. The number of carbonyl (C=O) groups is 2. The zero-order valence-electron chi connectivity index (χ0n) is 9.32. The highest BCUT2D eigenvalue weighted by molar-refractivity contribution is 6.05. The second-order valence-electron chi connectivity index (χ2n) is 4.77. The van der Waals surface area contributed by atoms with Gasteiger partial charge in [0.15, 0.2) is 0 Å². The molecule has 1 saturated carbocycles. The van der Waals surface area contributed by atoms with E-state index >= 15 is 0 Å². The Morgan fingerprint density at radius 1 is 1.47 bits per heavy atom. The Hall–Kier alpha value is -0.900. The number of hydrogen-bond donors (Lipinski definition) is 1. The van der Waals surface area contributed by atoms with Crippen LogP contribution in [0.3, 0.4) is 0 Å². The number of amides is 2. The molecule has 15 heavy (non-hydrogen) atoms. The van der Waals surface area contributed by atoms with Gasteiger partial charge in [-0.1, -0.05) is 6.92 Å². The maximum Gasteiger partial charge on any atom is 0.246 e. The lowest BCUT2D eigenvalue weighted by atomic mass is 10.1. The van der Waals surface area contributed by atoms with E-state index in [0.29, 0.717) is 12.3 Å². The lowest BCUT2D eigenvalue weighted by Crippen LogP contribution is -2.39. The topological polar surface area (TPSA) is 49.4 Å². The van der Waals surface area contributed by atoms with E-state index in [9.17, 15) is 9.59 Å². The van der Waals surface area contributed by atoms with Gasteiger partial charge in [-0.2, -0.15) is 0 Å². The maximum absolute atomic E-state index is 11.6. The van der Waals surface area contributed by atoms with Crippen LogP contribution in [0, 0.1) is 11.8 Å². The summed E-state index contributed by atoms with van der Waals surface area (Å²) in [6, 6.07) is -0.274. The normalized spacial score (nSPS) is 28.7. The quantitative estimate of drug-likeness (QED) is 0.682. The summed E-state index contributed by atoms with van der Waals surface area (Å²) in [6.45, 7) is 3.05. The molecule has 0 spiro atoms. The Kier molecular flexibility index (Phi) is 2.78. The molecule has 4 nitrogen and oxygen atoms in total. The SMILES string of the molecule is CC(CNC1CC(=O)N(C)C1=O)C1CC1. The predicted molar refractivity (Wildman–Crippen MR) is 56.1 cm³/mol. The van der Waals surface area contributed by atoms with Crippen LogP contribution in [0.2, 0.25) is 0 Å². The monoisotopic (exact) mass is 210 g/mol. The van der Waals surface area contributed by atoms with Crippen molar-refractivity contribution in [1.29, 1.82) is 0 Å². The molecule has 1 N–H and O–H groups in total. The molecule has 2 atom stereocenters. The Morgan fingerprint density at radius 2 is 2.13 bits per heavy atom. The summed E-state index contributed by atoms with van der Waals surface area (Å²) in [5.41, 5.74) is 0. The van der Waals surface area contributed by atoms with Crippen molar-refractivity contribution in [2.75, 3.05) is 13.6 Å². The minimum Gasteiger partial charge on any atom is -0.305 e. The van der Waals surface area contributed by atoms with Gasteiger partial charge in [0.1, 0.15) is 0 Å². The summed E-state index contributed by atoms with van der Waals surface area (Å²) in [5, 5.41) is 3.20. The molecule has 1 saturated heterocycles. The van der Waals surface area contributed by atoms with Crippen LogP contribution in [0.25, 0.3) is 0 Å². The first-order valence-electron chi connectivity index (χ1n) is 5.63. The average Bonchev–Trinajstić information content (AvgIpc) is 3.01. The fourth-order valence-electron chi connectivity index (χ4n) is 2.08. The van der Waals surface area contributed by atoms with Gasteiger partial charge in [-0.25, -0.2) is 0 Å². The largest absolute Gasteiger partial charge is 0.305 e. The summed E-state index contributed by atoms with van der Waals surface area (Å²) < 4.78 is 0. The van der Waals surface area contributed by atoms with E-state index in [0.717, 1.165) is 12.5 Å². The number of nitrogens with zero attached hydrogens (tertiary/aromatic N) is 1. The van der Waals surface area contributed by atoms with Crippen molar-refractivity contribution in [2.24, 2.45) is 11.8 Å². The van der Waals surface area contributed by atoms with E-state index in [2.05, 4.69) is 12.2 Å². The fourth-order valence-corrected chi connectivity index (χ4v) is 2.08. The van der Waals surface area contributed by atoms with Gasteiger partial charge in [-0.3, -0.25) is 14.5 Å². The van der Waals surface area contributed by atoms with Gasteiger partial charge < -0.3 is 5.32 Å². The van der Waals surface area contributed by atoms with Gasteiger partial charge >= 0.3 is 0 Å². The zero-order valence-corrected chi connectivity index (χ0v) is 9.32. The third kappa shape index (κ3) is 2.20. The smallest absolute Gasteiger partial charge is 0.246 e. The summed E-state index contributed by atoms with van der Waals surface area (Å²) >= 11 is 0. The molecule has 2 amide bonds. The number of carbonyl (C=O) groups excluding carboxylic acids is 2. The summed E-state index contributed by atoms with van der Waals surface area (Å²) in [7, 11) is 1.55. The molecule has 0 radical (unpaired) electrons. The van der Waals surface area contributed by atoms with Crippen LogP contribution in [0.5, 0.6) is 0 Å². The van der Waals surface area contributed by atoms with Gasteiger partial charge in [-0.05, 0) is 31.2 Å². The Bertz CT molecular complexity index is 286. The Morgan fingerprint density at radius 3 is 2.60 bits per heavy atom. The molecule has 1 aliphatic carbocycles. The molecular formula is C11H18N2O2. The third-order valence-corrected chi connectivity index (χ3v) is 3.49. The van der Waals surface area contributed by atoms with Crippen molar-refractivity contribution in [3.05, 3.63) is 0 Å². The first-order valence-corrected chi connectivity index (χ1v) is 5.63. The van der Waals surface area contributed by atoms with E-state index in [1.54, 1.807) is 7.05 Å². The van der Waals surface area contributed by atoms with E-state index in [-0.39, 0.29) is 17.9 Å². The van der Waals surface area contributed by atoms with Gasteiger partial charge in [0, 0.05) is 7.05 Å². The third-order valence-electron chi connectivity index (χ3n) is 3.49. The van der Waals surface area contributed by atoms with E-state index in [1.165, 1.54) is 17.7 Å². The number of nitrogens with one attached hydrogen (secondary N) is 1. The van der Waals surface area contributed by atoms with Crippen LogP contribution in [-0.2, 0) is 9.59 Å². The minimum absolute atomic E-state index is 0.0726. The number of rotatable bonds is 4. The van der Waals surface area contributed by atoms with Crippen LogP contribution in [0.15, 0.2) is 0 Å². The van der Waals surface area contributed by atoms with Crippen molar-refractivity contribution in [3.8, 4) is 0 Å². The fraction of sp³-hybridized carbons (Fsp3) is 0.818. The number of likely N-dealkylation sites (tertiary alicyclic amines) is 1. The molecular weight excluding hydrogens is 192 g/mol. The lowest BCUT2D eigenvalue weighted by Gasteiger charge is -2.15. The molecule has 0 aromatic heterocycles. The van der Waals surface area contributed by atoms with Gasteiger partial charge in [0.2, 0.25) is 11.8 Å². The highest BCUT2D eigenvalue weighted by atomic mass is 16.2. The number of hydrogen-bond acceptors (Lipinski definition) is 3. The maximum atomic E-state index is 11.6. The van der Waals surface area contributed by atoms with Gasteiger partial charge in [0.05, 0.1) is 12.5 Å². The van der Waals surface area contributed by atoms with Crippen molar-refractivity contribution < 1.29 is 9.59 Å². The van der Waals surface area contributed by atoms with Crippen LogP contribution in [0.1, 0.15) is 26.2 Å². The van der Waals surface area contributed by atoms with E-state index in [4.69, 9.17) is 0 Å². The molecule has 2 rings (SSSR count). The van der Waals surface area contributed by atoms with Gasteiger partial charge in [0.25, 0.3) is 0 Å². The van der Waals surface area contributed by atoms with Gasteiger partial charge in [-0.15, -0.1) is 0 Å². The minimum atomic E-state index is -0.274. The Balaban J connectivity index is 1.79. The molecule has 4 heteroatoms. The van der Waals surface area contributed by atoms with Crippen molar-refractivity contribution in [2.45, 2.75) is 32.2 Å². The molecule has 84 valence electrons. The predicted octanol–water partition coefficient (Wildman–Crippen LogP) is 0.379. The van der Waals surface area contributed by atoms with Crippen LogP contribution in [0.4, 0.5) is 0 Å². The van der Waals surface area contributed by atoms with Crippen LogP contribution >= 0.6 is 0 Å². The van der Waals surface area contributed by atoms with Crippen LogP contribution < -0.4 is 5.32 Å². The Labute approximate surface area is 90.0 Å². The second-order valence-corrected chi connectivity index (χ2v) is 4.77. The van der Waals surface area contributed by atoms with E-state index in [1.807, 2.05) is 0 Å². The first-order chi connectivity index (χ1) is 7.09. The molecule has 1 aliphatic heterocycles. The molecule has 0 bridgehead atoms.